The fourth-order valence-electron chi connectivity index (χ4n) is 2.38. The Kier molecular flexibility index (Phi) is 4.93. The normalized spacial score (nSPS) is 17.5. The van der Waals surface area contributed by atoms with Crippen molar-refractivity contribution >= 4 is 5.91 Å². The Morgan fingerprint density at radius 1 is 1.53 bits per heavy atom. The Morgan fingerprint density at radius 3 is 2.89 bits per heavy atom. The summed E-state index contributed by atoms with van der Waals surface area (Å²) in [5, 5.41) is 4.22. The number of aromatic nitrogens is 2. The maximum atomic E-state index is 12.4. The van der Waals surface area contributed by atoms with Gasteiger partial charge < -0.3 is 15.4 Å². The molecule has 1 aliphatic heterocycles. The third-order valence-electron chi connectivity index (χ3n) is 3.52. The van der Waals surface area contributed by atoms with E-state index in [9.17, 15) is 4.79 Å². The number of carbonyl (C=O) groups excluding carboxylic acids is 1. The largest absolute Gasteiger partial charge is 0.378 e. The van der Waals surface area contributed by atoms with E-state index < -0.39 is 0 Å². The number of ether oxygens (including phenoxy) is 1. The predicted molar refractivity (Wildman–Crippen MR) is 71.5 cm³/mol. The zero-order valence-corrected chi connectivity index (χ0v) is 11.4. The lowest BCUT2D eigenvalue weighted by atomic mass is 10.0. The molecule has 0 aromatic carbocycles. The zero-order valence-electron chi connectivity index (χ0n) is 11.4. The van der Waals surface area contributed by atoms with Gasteiger partial charge in [0.15, 0.2) is 0 Å². The van der Waals surface area contributed by atoms with Crippen molar-refractivity contribution in [2.24, 2.45) is 11.7 Å². The molecule has 2 heterocycles. The van der Waals surface area contributed by atoms with Gasteiger partial charge in [-0.25, -0.2) is 0 Å². The van der Waals surface area contributed by atoms with E-state index in [1.165, 1.54) is 0 Å². The van der Waals surface area contributed by atoms with Crippen LogP contribution in [0.15, 0.2) is 12.3 Å². The molecule has 2 N–H and O–H groups in total. The SMILES string of the molecule is CCn1nccc1CC(CN)C(=O)N1CCOCC1. The molecule has 1 aliphatic rings. The van der Waals surface area contributed by atoms with E-state index >= 15 is 0 Å². The first-order valence-electron chi connectivity index (χ1n) is 6.83. The second-order valence-corrected chi connectivity index (χ2v) is 4.71. The Bertz CT molecular complexity index is 413. The van der Waals surface area contributed by atoms with Gasteiger partial charge in [-0.1, -0.05) is 0 Å². The van der Waals surface area contributed by atoms with Crippen LogP contribution in [0.3, 0.4) is 0 Å². The van der Waals surface area contributed by atoms with Crippen molar-refractivity contribution in [1.82, 2.24) is 14.7 Å². The average Bonchev–Trinajstić information content (AvgIpc) is 2.92. The van der Waals surface area contributed by atoms with Gasteiger partial charge in [0.25, 0.3) is 0 Å². The molecule has 0 saturated carbocycles. The monoisotopic (exact) mass is 266 g/mol. The van der Waals surface area contributed by atoms with Gasteiger partial charge in [-0.05, 0) is 13.0 Å². The van der Waals surface area contributed by atoms with E-state index in [2.05, 4.69) is 5.10 Å². The molecule has 2 rings (SSSR count). The van der Waals surface area contributed by atoms with Crippen LogP contribution in [0.25, 0.3) is 0 Å². The summed E-state index contributed by atoms with van der Waals surface area (Å²) in [6.07, 6.45) is 2.42. The van der Waals surface area contributed by atoms with Gasteiger partial charge in [-0.15, -0.1) is 0 Å². The van der Waals surface area contributed by atoms with E-state index in [4.69, 9.17) is 10.5 Å². The molecular weight excluding hydrogens is 244 g/mol. The number of carbonyl (C=O) groups is 1. The van der Waals surface area contributed by atoms with Crippen molar-refractivity contribution < 1.29 is 9.53 Å². The number of hydrogen-bond donors (Lipinski definition) is 1. The fourth-order valence-corrected chi connectivity index (χ4v) is 2.38. The number of amides is 1. The lowest BCUT2D eigenvalue weighted by Gasteiger charge is -2.30. The summed E-state index contributed by atoms with van der Waals surface area (Å²) in [7, 11) is 0. The highest BCUT2D eigenvalue weighted by molar-refractivity contribution is 5.79. The number of hydrogen-bond acceptors (Lipinski definition) is 4. The Balaban J connectivity index is 2.01. The molecule has 1 aromatic heterocycles. The van der Waals surface area contributed by atoms with Crippen LogP contribution in [0.5, 0.6) is 0 Å². The minimum Gasteiger partial charge on any atom is -0.378 e. The molecule has 1 unspecified atom stereocenters. The second-order valence-electron chi connectivity index (χ2n) is 4.71. The van der Waals surface area contributed by atoms with Gasteiger partial charge in [0.05, 0.1) is 19.1 Å². The molecule has 0 aliphatic carbocycles. The number of nitrogens with two attached hydrogens (primary N) is 1. The first kappa shape index (κ1) is 14.0. The summed E-state index contributed by atoms with van der Waals surface area (Å²) in [5.41, 5.74) is 6.85. The standard InChI is InChI=1S/C13H22N4O2/c1-2-17-12(3-4-15-17)9-11(10-14)13(18)16-5-7-19-8-6-16/h3-4,11H,2,5-10,14H2,1H3. The molecule has 0 bridgehead atoms. The molecule has 1 atom stereocenters. The molecule has 1 aromatic rings. The maximum absolute atomic E-state index is 12.4. The van der Waals surface area contributed by atoms with E-state index in [-0.39, 0.29) is 11.8 Å². The molecule has 0 radical (unpaired) electrons. The van der Waals surface area contributed by atoms with E-state index in [0.29, 0.717) is 39.3 Å². The Morgan fingerprint density at radius 2 is 2.26 bits per heavy atom. The number of rotatable bonds is 5. The topological polar surface area (TPSA) is 73.4 Å². The molecule has 1 amide bonds. The summed E-state index contributed by atoms with van der Waals surface area (Å²) in [5.74, 6) is -0.0326. The first-order chi connectivity index (χ1) is 9.26. The summed E-state index contributed by atoms with van der Waals surface area (Å²) >= 11 is 0. The van der Waals surface area contributed by atoms with Crippen molar-refractivity contribution in [3.8, 4) is 0 Å². The van der Waals surface area contributed by atoms with Gasteiger partial charge in [0.2, 0.25) is 5.91 Å². The highest BCUT2D eigenvalue weighted by Crippen LogP contribution is 2.12. The highest BCUT2D eigenvalue weighted by atomic mass is 16.5. The summed E-state index contributed by atoms with van der Waals surface area (Å²) < 4.78 is 7.18. The van der Waals surface area contributed by atoms with Crippen LogP contribution in [0, 0.1) is 5.92 Å². The Hall–Kier alpha value is -1.40. The van der Waals surface area contributed by atoms with Crippen molar-refractivity contribution in [2.75, 3.05) is 32.8 Å². The van der Waals surface area contributed by atoms with Crippen LogP contribution in [0.1, 0.15) is 12.6 Å². The van der Waals surface area contributed by atoms with Crippen LogP contribution in [-0.4, -0.2) is 53.4 Å². The molecule has 6 nitrogen and oxygen atoms in total. The average molecular weight is 266 g/mol. The van der Waals surface area contributed by atoms with E-state index in [1.807, 2.05) is 22.6 Å². The van der Waals surface area contributed by atoms with E-state index in [0.717, 1.165) is 12.2 Å². The maximum Gasteiger partial charge on any atom is 0.227 e. The predicted octanol–water partition coefficient (Wildman–Crippen LogP) is -0.121. The molecule has 6 heteroatoms. The molecule has 19 heavy (non-hydrogen) atoms. The molecule has 106 valence electrons. The van der Waals surface area contributed by atoms with Crippen molar-refractivity contribution in [3.05, 3.63) is 18.0 Å². The summed E-state index contributed by atoms with van der Waals surface area (Å²) in [6, 6.07) is 1.96. The zero-order chi connectivity index (χ0) is 13.7. The lowest BCUT2D eigenvalue weighted by Crippen LogP contribution is -2.46. The number of morpholine rings is 1. The van der Waals surface area contributed by atoms with Crippen LogP contribution >= 0.6 is 0 Å². The number of nitrogens with zero attached hydrogens (tertiary/aromatic N) is 3. The summed E-state index contributed by atoms with van der Waals surface area (Å²) in [4.78, 5) is 14.3. The van der Waals surface area contributed by atoms with Crippen molar-refractivity contribution in [3.63, 3.8) is 0 Å². The number of aryl methyl sites for hydroxylation is 1. The van der Waals surface area contributed by atoms with Gasteiger partial charge >= 0.3 is 0 Å². The molecule has 0 spiro atoms. The molecular formula is C13H22N4O2. The van der Waals surface area contributed by atoms with Gasteiger partial charge in [0, 0.05) is 44.5 Å². The van der Waals surface area contributed by atoms with Gasteiger partial charge in [-0.2, -0.15) is 5.10 Å². The third-order valence-corrected chi connectivity index (χ3v) is 3.52. The van der Waals surface area contributed by atoms with Gasteiger partial charge in [-0.3, -0.25) is 9.48 Å². The molecule has 1 fully saturated rings. The minimum atomic E-state index is -0.167. The van der Waals surface area contributed by atoms with Crippen LogP contribution in [-0.2, 0) is 22.5 Å². The highest BCUT2D eigenvalue weighted by Gasteiger charge is 2.25. The van der Waals surface area contributed by atoms with Crippen LogP contribution < -0.4 is 5.73 Å². The van der Waals surface area contributed by atoms with Crippen molar-refractivity contribution in [2.45, 2.75) is 19.9 Å². The lowest BCUT2D eigenvalue weighted by molar-refractivity contribution is -0.139. The second kappa shape index (κ2) is 6.68. The molecule has 1 saturated heterocycles. The Labute approximate surface area is 113 Å². The summed E-state index contributed by atoms with van der Waals surface area (Å²) in [6.45, 7) is 5.80. The van der Waals surface area contributed by atoms with Crippen LogP contribution in [0.4, 0.5) is 0 Å². The third kappa shape index (κ3) is 3.33. The van der Waals surface area contributed by atoms with E-state index in [1.54, 1.807) is 6.20 Å². The smallest absolute Gasteiger partial charge is 0.227 e. The first-order valence-corrected chi connectivity index (χ1v) is 6.83. The van der Waals surface area contributed by atoms with Crippen LogP contribution in [0.2, 0.25) is 0 Å². The van der Waals surface area contributed by atoms with Gasteiger partial charge in [0.1, 0.15) is 0 Å². The minimum absolute atomic E-state index is 0.134. The quantitative estimate of drug-likeness (QED) is 0.806. The van der Waals surface area contributed by atoms with Crippen molar-refractivity contribution in [1.29, 1.82) is 0 Å². The fraction of sp³-hybridized carbons (Fsp3) is 0.692.